The Bertz CT molecular complexity index is 414. The molecule has 0 aliphatic carbocycles. The number of piperazine rings is 1. The van der Waals surface area contributed by atoms with Gasteiger partial charge < -0.3 is 5.32 Å². The molecule has 1 saturated heterocycles. The third-order valence-corrected chi connectivity index (χ3v) is 3.81. The molecule has 1 aliphatic heterocycles. The van der Waals surface area contributed by atoms with Gasteiger partial charge in [0.1, 0.15) is 0 Å². The van der Waals surface area contributed by atoms with Gasteiger partial charge in [-0.1, -0.05) is 29.3 Å². The summed E-state index contributed by atoms with van der Waals surface area (Å²) in [6, 6.07) is 3.80. The highest BCUT2D eigenvalue weighted by Gasteiger charge is 2.30. The molecule has 1 N–H and O–H groups in total. The lowest BCUT2D eigenvalue weighted by Gasteiger charge is -2.34. The van der Waals surface area contributed by atoms with Crippen molar-refractivity contribution in [2.24, 2.45) is 0 Å². The number of nitrogens with zero attached hydrogens (tertiary/aromatic N) is 1. The second-order valence-electron chi connectivity index (χ2n) is 4.24. The summed E-state index contributed by atoms with van der Waals surface area (Å²) < 4.78 is 26.5. The molecular weight excluding hydrogens is 352 g/mol. The molecule has 1 aliphatic rings. The fourth-order valence-electron chi connectivity index (χ4n) is 2.17. The van der Waals surface area contributed by atoms with Gasteiger partial charge in [-0.15, -0.1) is 24.8 Å². The molecule has 0 spiro atoms. The predicted molar refractivity (Wildman–Crippen MR) is 84.1 cm³/mol. The Labute approximate surface area is 139 Å². The van der Waals surface area contributed by atoms with Crippen molar-refractivity contribution < 1.29 is 8.78 Å². The predicted octanol–water partition coefficient (Wildman–Crippen LogP) is 4.05. The third kappa shape index (κ3) is 4.86. The van der Waals surface area contributed by atoms with Crippen LogP contribution in [0.1, 0.15) is 11.6 Å². The average Bonchev–Trinajstić information content (AvgIpc) is 2.35. The first-order valence-corrected chi connectivity index (χ1v) is 6.53. The summed E-state index contributed by atoms with van der Waals surface area (Å²) in [5.74, 6) is 0. The maximum Gasteiger partial charge on any atom is 0.258 e. The van der Waals surface area contributed by atoms with E-state index in [0.29, 0.717) is 28.7 Å². The highest BCUT2D eigenvalue weighted by atomic mass is 35.5. The Balaban J connectivity index is 0.00000180. The Kier molecular flexibility index (Phi) is 9.31. The second-order valence-corrected chi connectivity index (χ2v) is 5.05. The highest BCUT2D eigenvalue weighted by molar-refractivity contribution is 6.42. The zero-order chi connectivity index (χ0) is 13.1. The molecule has 2 rings (SSSR count). The maximum atomic E-state index is 13.3. The SMILES string of the molecule is Cl.Cl.FC(F)[C@H](c1ccc(Cl)c(Cl)c1)N1CCNCC1. The first-order valence-electron chi connectivity index (χ1n) is 5.77. The van der Waals surface area contributed by atoms with Crippen molar-refractivity contribution in [1.29, 1.82) is 0 Å². The lowest BCUT2D eigenvalue weighted by atomic mass is 10.0. The molecule has 20 heavy (non-hydrogen) atoms. The van der Waals surface area contributed by atoms with Crippen LogP contribution in [0, 0.1) is 0 Å². The zero-order valence-electron chi connectivity index (χ0n) is 10.5. The Morgan fingerprint density at radius 3 is 2.15 bits per heavy atom. The van der Waals surface area contributed by atoms with E-state index in [9.17, 15) is 8.78 Å². The number of halogens is 6. The number of rotatable bonds is 3. The molecule has 116 valence electrons. The minimum absolute atomic E-state index is 0. The van der Waals surface area contributed by atoms with Crippen molar-refractivity contribution >= 4 is 48.0 Å². The molecule has 8 heteroatoms. The first-order chi connectivity index (χ1) is 8.59. The van der Waals surface area contributed by atoms with Gasteiger partial charge in [-0.3, -0.25) is 4.90 Å². The molecule has 1 aromatic carbocycles. The number of alkyl halides is 2. The minimum atomic E-state index is -2.44. The summed E-state index contributed by atoms with van der Waals surface area (Å²) >= 11 is 11.7. The van der Waals surface area contributed by atoms with E-state index in [4.69, 9.17) is 23.2 Å². The number of nitrogens with one attached hydrogen (secondary N) is 1. The van der Waals surface area contributed by atoms with Crippen molar-refractivity contribution in [2.75, 3.05) is 26.2 Å². The maximum absolute atomic E-state index is 13.3. The Morgan fingerprint density at radius 2 is 1.65 bits per heavy atom. The van der Waals surface area contributed by atoms with E-state index in [1.165, 1.54) is 6.07 Å². The van der Waals surface area contributed by atoms with Crippen molar-refractivity contribution in [1.82, 2.24) is 10.2 Å². The standard InChI is InChI=1S/C12H14Cl2F2N2.2ClH/c13-9-2-1-8(7-10(9)14)11(12(15)16)18-5-3-17-4-6-18;;/h1-2,7,11-12,17H,3-6H2;2*1H/t11-;;/m0../s1. The lowest BCUT2D eigenvalue weighted by molar-refractivity contribution is 0.0182. The molecule has 0 amide bonds. The van der Waals surface area contributed by atoms with Crippen molar-refractivity contribution in [3.05, 3.63) is 33.8 Å². The molecule has 1 fully saturated rings. The number of hydrogen-bond donors (Lipinski definition) is 1. The van der Waals surface area contributed by atoms with Gasteiger partial charge in [0.2, 0.25) is 0 Å². The second kappa shape index (κ2) is 9.23. The topological polar surface area (TPSA) is 15.3 Å². The van der Waals surface area contributed by atoms with E-state index >= 15 is 0 Å². The van der Waals surface area contributed by atoms with E-state index < -0.39 is 12.5 Å². The van der Waals surface area contributed by atoms with Gasteiger partial charge in [0.15, 0.2) is 0 Å². The number of hydrogen-bond acceptors (Lipinski definition) is 2. The smallest absolute Gasteiger partial charge is 0.258 e. The fourth-order valence-corrected chi connectivity index (χ4v) is 2.48. The Hall–Kier alpha value is 0.160. The van der Waals surface area contributed by atoms with Crippen LogP contribution in [-0.4, -0.2) is 37.5 Å². The summed E-state index contributed by atoms with van der Waals surface area (Å²) in [7, 11) is 0. The normalized spacial score (nSPS) is 17.2. The van der Waals surface area contributed by atoms with Gasteiger partial charge in [-0.2, -0.15) is 0 Å². The van der Waals surface area contributed by atoms with E-state index in [2.05, 4.69) is 5.32 Å². The van der Waals surface area contributed by atoms with Gasteiger partial charge in [0.05, 0.1) is 16.1 Å². The van der Waals surface area contributed by atoms with Gasteiger partial charge in [-0.05, 0) is 17.7 Å². The van der Waals surface area contributed by atoms with E-state index in [1.54, 1.807) is 17.0 Å². The van der Waals surface area contributed by atoms with Crippen molar-refractivity contribution in [3.8, 4) is 0 Å². The van der Waals surface area contributed by atoms with Crippen LogP contribution in [0.15, 0.2) is 18.2 Å². The molecule has 2 nitrogen and oxygen atoms in total. The molecule has 0 saturated carbocycles. The van der Waals surface area contributed by atoms with E-state index in [0.717, 1.165) is 13.1 Å². The van der Waals surface area contributed by atoms with Gasteiger partial charge in [0, 0.05) is 26.2 Å². The summed E-state index contributed by atoms with van der Waals surface area (Å²) in [5, 5.41) is 3.84. The van der Waals surface area contributed by atoms with Crippen LogP contribution in [0.5, 0.6) is 0 Å². The molecule has 0 aromatic heterocycles. The molecular formula is C12H16Cl4F2N2. The van der Waals surface area contributed by atoms with E-state index in [-0.39, 0.29) is 24.8 Å². The van der Waals surface area contributed by atoms with Crippen LogP contribution in [0.2, 0.25) is 10.0 Å². The highest BCUT2D eigenvalue weighted by Crippen LogP contribution is 2.32. The van der Waals surface area contributed by atoms with Gasteiger partial charge in [0.25, 0.3) is 6.43 Å². The minimum Gasteiger partial charge on any atom is -0.314 e. The van der Waals surface area contributed by atoms with Crippen LogP contribution in [-0.2, 0) is 0 Å². The fraction of sp³-hybridized carbons (Fsp3) is 0.500. The van der Waals surface area contributed by atoms with Crippen LogP contribution in [0.3, 0.4) is 0 Å². The van der Waals surface area contributed by atoms with Crippen LogP contribution >= 0.6 is 48.0 Å². The summed E-state index contributed by atoms with van der Waals surface area (Å²) in [4.78, 5) is 1.78. The largest absolute Gasteiger partial charge is 0.314 e. The molecule has 0 bridgehead atoms. The van der Waals surface area contributed by atoms with Crippen molar-refractivity contribution in [3.63, 3.8) is 0 Å². The summed E-state index contributed by atoms with van der Waals surface area (Å²) in [6.45, 7) is 2.67. The van der Waals surface area contributed by atoms with Crippen LogP contribution in [0.25, 0.3) is 0 Å². The summed E-state index contributed by atoms with van der Waals surface area (Å²) in [6.07, 6.45) is -2.44. The lowest BCUT2D eigenvalue weighted by Crippen LogP contribution is -2.46. The Morgan fingerprint density at radius 1 is 1.05 bits per heavy atom. The number of benzene rings is 1. The summed E-state index contributed by atoms with van der Waals surface area (Å²) in [5.41, 5.74) is 0.515. The molecule has 0 unspecified atom stereocenters. The zero-order valence-corrected chi connectivity index (χ0v) is 13.6. The molecule has 1 heterocycles. The monoisotopic (exact) mass is 366 g/mol. The first kappa shape index (κ1) is 20.2. The van der Waals surface area contributed by atoms with Gasteiger partial charge in [-0.25, -0.2) is 8.78 Å². The quantitative estimate of drug-likeness (QED) is 0.866. The average molecular weight is 368 g/mol. The molecule has 1 aromatic rings. The van der Waals surface area contributed by atoms with Crippen LogP contribution in [0.4, 0.5) is 8.78 Å². The molecule has 0 radical (unpaired) electrons. The third-order valence-electron chi connectivity index (χ3n) is 3.07. The van der Waals surface area contributed by atoms with E-state index in [1.807, 2.05) is 0 Å². The molecule has 1 atom stereocenters. The van der Waals surface area contributed by atoms with Crippen LogP contribution < -0.4 is 5.32 Å². The van der Waals surface area contributed by atoms with Crippen molar-refractivity contribution in [2.45, 2.75) is 12.5 Å². The van der Waals surface area contributed by atoms with Gasteiger partial charge >= 0.3 is 0 Å².